The van der Waals surface area contributed by atoms with Crippen LogP contribution in [0.2, 0.25) is 0 Å². The van der Waals surface area contributed by atoms with Crippen molar-refractivity contribution in [1.82, 2.24) is 16.0 Å². The monoisotopic (exact) mass is 341 g/mol. The molecule has 0 aromatic rings. The Hall–Kier alpha value is -1.79. The second-order valence-corrected chi connectivity index (χ2v) is 7.26. The lowest BCUT2D eigenvalue weighted by Crippen LogP contribution is -2.40. The first-order chi connectivity index (χ1) is 11.3. The van der Waals surface area contributed by atoms with Gasteiger partial charge in [0.05, 0.1) is 6.54 Å². The van der Waals surface area contributed by atoms with Gasteiger partial charge in [0.15, 0.2) is 0 Å². The minimum Gasteiger partial charge on any atom is -0.444 e. The summed E-state index contributed by atoms with van der Waals surface area (Å²) < 4.78 is 5.03. The Bertz CT molecular complexity index is 426. The molecule has 3 amide bonds. The van der Waals surface area contributed by atoms with Crippen LogP contribution < -0.4 is 16.0 Å². The van der Waals surface area contributed by atoms with Crippen LogP contribution in [0.15, 0.2) is 0 Å². The highest BCUT2D eigenvalue weighted by Gasteiger charge is 2.18. The number of carbonyl (C=O) groups is 3. The first kappa shape index (κ1) is 20.3. The summed E-state index contributed by atoms with van der Waals surface area (Å²) >= 11 is 0. The molecule has 1 aliphatic carbocycles. The average molecular weight is 341 g/mol. The molecule has 24 heavy (non-hydrogen) atoms. The van der Waals surface area contributed by atoms with Crippen molar-refractivity contribution in [2.45, 2.75) is 64.9 Å². The van der Waals surface area contributed by atoms with Crippen molar-refractivity contribution in [2.75, 3.05) is 19.6 Å². The summed E-state index contributed by atoms with van der Waals surface area (Å²) in [5.74, 6) is 0.363. The number of carbonyl (C=O) groups excluding carboxylic acids is 3. The summed E-state index contributed by atoms with van der Waals surface area (Å²) in [4.78, 5) is 34.7. The maximum Gasteiger partial charge on any atom is 0.408 e. The molecular weight excluding hydrogens is 310 g/mol. The standard InChI is InChI=1S/C17H31N3O4/c1-17(2,3)24-16(23)20-12-15(22)19-10-6-9-18-14(21)11-13-7-4-5-8-13/h13H,4-12H2,1-3H3,(H,18,21)(H,19,22)(H,20,23). The highest BCUT2D eigenvalue weighted by molar-refractivity contribution is 5.82. The van der Waals surface area contributed by atoms with Crippen molar-refractivity contribution in [3.63, 3.8) is 0 Å². The largest absolute Gasteiger partial charge is 0.444 e. The molecule has 7 heteroatoms. The molecule has 0 spiro atoms. The molecule has 7 nitrogen and oxygen atoms in total. The van der Waals surface area contributed by atoms with Crippen LogP contribution in [0, 0.1) is 5.92 Å². The van der Waals surface area contributed by atoms with Gasteiger partial charge in [-0.15, -0.1) is 0 Å². The number of rotatable bonds is 8. The molecule has 0 aromatic carbocycles. The fraction of sp³-hybridized carbons (Fsp3) is 0.824. The average Bonchev–Trinajstić information content (AvgIpc) is 2.95. The van der Waals surface area contributed by atoms with E-state index in [4.69, 9.17) is 4.74 Å². The van der Waals surface area contributed by atoms with Crippen molar-refractivity contribution < 1.29 is 19.1 Å². The number of ether oxygens (including phenoxy) is 1. The summed E-state index contributed by atoms with van der Waals surface area (Å²) in [5.41, 5.74) is -0.586. The Labute approximate surface area is 144 Å². The third-order valence-corrected chi connectivity index (χ3v) is 3.74. The number of nitrogens with one attached hydrogen (secondary N) is 3. The Morgan fingerprint density at radius 1 is 0.958 bits per heavy atom. The molecule has 0 saturated heterocycles. The van der Waals surface area contributed by atoms with E-state index in [0.29, 0.717) is 31.8 Å². The van der Waals surface area contributed by atoms with Crippen LogP contribution in [-0.4, -0.2) is 43.1 Å². The zero-order chi connectivity index (χ0) is 18.0. The Morgan fingerprint density at radius 2 is 1.54 bits per heavy atom. The van der Waals surface area contributed by atoms with Gasteiger partial charge in [0, 0.05) is 19.5 Å². The van der Waals surface area contributed by atoms with Gasteiger partial charge in [0.25, 0.3) is 0 Å². The highest BCUT2D eigenvalue weighted by atomic mass is 16.6. The minimum absolute atomic E-state index is 0.0971. The zero-order valence-electron chi connectivity index (χ0n) is 15.1. The van der Waals surface area contributed by atoms with Crippen LogP contribution in [0.25, 0.3) is 0 Å². The van der Waals surface area contributed by atoms with E-state index in [1.807, 2.05) is 0 Å². The molecule has 1 saturated carbocycles. The second-order valence-electron chi connectivity index (χ2n) is 7.26. The molecule has 1 fully saturated rings. The smallest absolute Gasteiger partial charge is 0.408 e. The van der Waals surface area contributed by atoms with Gasteiger partial charge >= 0.3 is 6.09 Å². The van der Waals surface area contributed by atoms with Crippen LogP contribution in [0.1, 0.15) is 59.3 Å². The van der Waals surface area contributed by atoms with Crippen LogP contribution >= 0.6 is 0 Å². The summed E-state index contributed by atoms with van der Waals surface area (Å²) in [6.07, 6.45) is 5.46. The molecule has 0 unspecified atom stereocenters. The molecule has 3 N–H and O–H groups in total. The SMILES string of the molecule is CC(C)(C)OC(=O)NCC(=O)NCCCNC(=O)CC1CCCC1. The van der Waals surface area contributed by atoms with E-state index in [0.717, 1.165) is 12.8 Å². The van der Waals surface area contributed by atoms with Gasteiger partial charge in [-0.3, -0.25) is 9.59 Å². The van der Waals surface area contributed by atoms with Crippen LogP contribution in [0.4, 0.5) is 4.79 Å². The second kappa shape index (κ2) is 10.2. The van der Waals surface area contributed by atoms with Gasteiger partial charge in [-0.05, 0) is 46.0 Å². The van der Waals surface area contributed by atoms with E-state index >= 15 is 0 Å². The maximum absolute atomic E-state index is 11.7. The van der Waals surface area contributed by atoms with E-state index in [1.54, 1.807) is 20.8 Å². The van der Waals surface area contributed by atoms with E-state index < -0.39 is 11.7 Å². The predicted molar refractivity (Wildman–Crippen MR) is 91.4 cm³/mol. The van der Waals surface area contributed by atoms with Gasteiger partial charge in [0.2, 0.25) is 11.8 Å². The normalized spacial score (nSPS) is 15.0. The highest BCUT2D eigenvalue weighted by Crippen LogP contribution is 2.27. The summed E-state index contributed by atoms with van der Waals surface area (Å²) in [6, 6.07) is 0. The molecule has 138 valence electrons. The lowest BCUT2D eigenvalue weighted by molar-refractivity contribution is -0.122. The molecule has 0 radical (unpaired) electrons. The van der Waals surface area contributed by atoms with Crippen molar-refractivity contribution in [3.8, 4) is 0 Å². The van der Waals surface area contributed by atoms with Crippen LogP contribution in [0.3, 0.4) is 0 Å². The molecule has 0 atom stereocenters. The molecule has 0 aromatic heterocycles. The molecule has 0 heterocycles. The molecule has 0 bridgehead atoms. The minimum atomic E-state index is -0.614. The van der Waals surface area contributed by atoms with Crippen LogP contribution in [-0.2, 0) is 14.3 Å². The van der Waals surface area contributed by atoms with Crippen LogP contribution in [0.5, 0.6) is 0 Å². The Kier molecular flexibility index (Phi) is 8.57. The van der Waals surface area contributed by atoms with Gasteiger partial charge in [0.1, 0.15) is 5.60 Å². The molecular formula is C17H31N3O4. The molecule has 1 aliphatic rings. The summed E-state index contributed by atoms with van der Waals surface area (Å²) in [7, 11) is 0. The Balaban J connectivity index is 1.99. The van der Waals surface area contributed by atoms with Crippen molar-refractivity contribution >= 4 is 17.9 Å². The van der Waals surface area contributed by atoms with Crippen molar-refractivity contribution in [2.24, 2.45) is 5.92 Å². The summed E-state index contributed by atoms with van der Waals surface area (Å²) in [5, 5.41) is 7.96. The molecule has 0 aliphatic heterocycles. The quantitative estimate of drug-likeness (QED) is 0.586. The Morgan fingerprint density at radius 3 is 2.12 bits per heavy atom. The number of hydrogen-bond donors (Lipinski definition) is 3. The number of alkyl carbamates (subject to hydrolysis) is 1. The molecule has 1 rings (SSSR count). The lowest BCUT2D eigenvalue weighted by atomic mass is 10.0. The van der Waals surface area contributed by atoms with E-state index in [1.165, 1.54) is 12.8 Å². The van der Waals surface area contributed by atoms with Crippen molar-refractivity contribution in [3.05, 3.63) is 0 Å². The topological polar surface area (TPSA) is 96.5 Å². The first-order valence-corrected chi connectivity index (χ1v) is 8.76. The van der Waals surface area contributed by atoms with Gasteiger partial charge in [-0.25, -0.2) is 4.79 Å². The van der Waals surface area contributed by atoms with Gasteiger partial charge in [-0.1, -0.05) is 12.8 Å². The number of hydrogen-bond acceptors (Lipinski definition) is 4. The predicted octanol–water partition coefficient (Wildman–Crippen LogP) is 1.71. The lowest BCUT2D eigenvalue weighted by Gasteiger charge is -2.19. The number of amides is 3. The maximum atomic E-state index is 11.7. The first-order valence-electron chi connectivity index (χ1n) is 8.76. The van der Waals surface area contributed by atoms with Gasteiger partial charge in [-0.2, -0.15) is 0 Å². The zero-order valence-corrected chi connectivity index (χ0v) is 15.1. The fourth-order valence-electron chi connectivity index (χ4n) is 2.62. The third-order valence-electron chi connectivity index (χ3n) is 3.74. The van der Waals surface area contributed by atoms with Gasteiger partial charge < -0.3 is 20.7 Å². The van der Waals surface area contributed by atoms with E-state index in [-0.39, 0.29) is 18.4 Å². The summed E-state index contributed by atoms with van der Waals surface area (Å²) in [6.45, 7) is 6.15. The fourth-order valence-corrected chi connectivity index (χ4v) is 2.62. The van der Waals surface area contributed by atoms with E-state index in [2.05, 4.69) is 16.0 Å². The van der Waals surface area contributed by atoms with E-state index in [9.17, 15) is 14.4 Å². The third kappa shape index (κ3) is 10.1. The van der Waals surface area contributed by atoms with Crippen molar-refractivity contribution in [1.29, 1.82) is 0 Å².